The van der Waals surface area contributed by atoms with E-state index in [1.54, 1.807) is 0 Å². The number of methoxy groups -OCH3 is 1. The van der Waals surface area contributed by atoms with Crippen LogP contribution in [0.5, 0.6) is 0 Å². The zero-order valence-corrected chi connectivity index (χ0v) is 6.88. The fourth-order valence-electron chi connectivity index (χ4n) is 1.23. The molecule has 5 heteroatoms. The van der Waals surface area contributed by atoms with Crippen LogP contribution in [-0.2, 0) is 9.47 Å². The Morgan fingerprint density at radius 1 is 1.50 bits per heavy atom. The Kier molecular flexibility index (Phi) is 3.42. The summed E-state index contributed by atoms with van der Waals surface area (Å²) in [4.78, 5) is 0. The topological polar surface area (TPSA) is 79.2 Å². The van der Waals surface area contributed by atoms with Crippen molar-refractivity contribution in [2.75, 3.05) is 13.7 Å². The lowest BCUT2D eigenvalue weighted by Crippen LogP contribution is -2.49. The number of aliphatic hydroxyl groups excluding tert-OH is 3. The molecule has 4 atom stereocenters. The largest absolute Gasteiger partial charge is 0.394 e. The van der Waals surface area contributed by atoms with Gasteiger partial charge in [-0.05, 0) is 0 Å². The lowest BCUT2D eigenvalue weighted by atomic mass is 10.0. The number of hydrogen-bond donors (Lipinski definition) is 3. The summed E-state index contributed by atoms with van der Waals surface area (Å²) in [5.41, 5.74) is 0. The number of ether oxygens (including phenoxy) is 2. The van der Waals surface area contributed by atoms with Crippen molar-refractivity contribution in [2.24, 2.45) is 0 Å². The van der Waals surface area contributed by atoms with Gasteiger partial charge in [0.2, 0.25) is 0 Å². The fourth-order valence-corrected chi connectivity index (χ4v) is 1.23. The van der Waals surface area contributed by atoms with Crippen molar-refractivity contribution >= 4 is 0 Å². The highest BCUT2D eigenvalue weighted by Crippen LogP contribution is 2.20. The van der Waals surface area contributed by atoms with Crippen LogP contribution in [0.25, 0.3) is 0 Å². The Bertz CT molecular complexity index is 140. The van der Waals surface area contributed by atoms with E-state index in [1.807, 2.05) is 0 Å². The van der Waals surface area contributed by atoms with Crippen LogP contribution in [0.4, 0.5) is 0 Å². The van der Waals surface area contributed by atoms with Gasteiger partial charge in [-0.2, -0.15) is 0 Å². The first kappa shape index (κ1) is 9.88. The van der Waals surface area contributed by atoms with Crippen LogP contribution in [0.1, 0.15) is 6.42 Å². The van der Waals surface area contributed by atoms with Crippen molar-refractivity contribution in [3.63, 3.8) is 0 Å². The maximum atomic E-state index is 9.27. The van der Waals surface area contributed by atoms with Gasteiger partial charge in [0.25, 0.3) is 0 Å². The van der Waals surface area contributed by atoms with Gasteiger partial charge in [0.1, 0.15) is 6.10 Å². The monoisotopic (exact) mass is 178 g/mol. The molecule has 0 aromatic carbocycles. The van der Waals surface area contributed by atoms with Crippen LogP contribution >= 0.6 is 0 Å². The molecule has 0 spiro atoms. The molecule has 0 aliphatic carbocycles. The highest BCUT2D eigenvalue weighted by molar-refractivity contribution is 4.80. The van der Waals surface area contributed by atoms with Crippen molar-refractivity contribution < 1.29 is 24.8 Å². The molecule has 0 saturated carbocycles. The molecular weight excluding hydrogens is 164 g/mol. The molecule has 1 aliphatic rings. The maximum absolute atomic E-state index is 9.27. The molecule has 72 valence electrons. The van der Waals surface area contributed by atoms with Gasteiger partial charge in [-0.15, -0.1) is 0 Å². The molecule has 0 amide bonds. The van der Waals surface area contributed by atoms with Crippen molar-refractivity contribution in [3.05, 3.63) is 0 Å². The second-order valence-corrected chi connectivity index (χ2v) is 2.84. The average Bonchev–Trinajstić information content (AvgIpc) is 2.09. The van der Waals surface area contributed by atoms with Crippen LogP contribution < -0.4 is 0 Å². The third-order valence-corrected chi connectivity index (χ3v) is 1.94. The minimum absolute atomic E-state index is 0.177. The third kappa shape index (κ3) is 1.94. The molecule has 5 nitrogen and oxygen atoms in total. The van der Waals surface area contributed by atoms with Gasteiger partial charge in [-0.3, -0.25) is 0 Å². The summed E-state index contributed by atoms with van der Waals surface area (Å²) in [6, 6.07) is 0. The van der Waals surface area contributed by atoms with Gasteiger partial charge < -0.3 is 24.8 Å². The Labute approximate surface area is 70.5 Å². The lowest BCUT2D eigenvalue weighted by Gasteiger charge is -2.35. The summed E-state index contributed by atoms with van der Waals surface area (Å²) < 4.78 is 9.85. The summed E-state index contributed by atoms with van der Waals surface area (Å²) in [7, 11) is 1.38. The zero-order chi connectivity index (χ0) is 9.14. The van der Waals surface area contributed by atoms with Gasteiger partial charge in [0.05, 0.1) is 18.8 Å². The average molecular weight is 178 g/mol. The summed E-state index contributed by atoms with van der Waals surface area (Å²) in [6.45, 7) is -0.177. The van der Waals surface area contributed by atoms with E-state index < -0.39 is 24.6 Å². The van der Waals surface area contributed by atoms with E-state index in [-0.39, 0.29) is 13.0 Å². The fraction of sp³-hybridized carbons (Fsp3) is 1.00. The molecule has 1 fully saturated rings. The first-order valence-corrected chi connectivity index (χ1v) is 3.84. The Morgan fingerprint density at radius 3 is 2.67 bits per heavy atom. The van der Waals surface area contributed by atoms with Crippen molar-refractivity contribution in [3.8, 4) is 0 Å². The number of rotatable bonds is 2. The summed E-state index contributed by atoms with van der Waals surface area (Å²) in [5.74, 6) is 0. The van der Waals surface area contributed by atoms with Crippen LogP contribution in [0, 0.1) is 0 Å². The molecule has 0 unspecified atom stereocenters. The van der Waals surface area contributed by atoms with Gasteiger partial charge in [0.15, 0.2) is 6.29 Å². The van der Waals surface area contributed by atoms with E-state index in [2.05, 4.69) is 0 Å². The quantitative estimate of drug-likeness (QED) is 0.477. The first-order valence-electron chi connectivity index (χ1n) is 3.84. The second kappa shape index (κ2) is 4.15. The van der Waals surface area contributed by atoms with E-state index >= 15 is 0 Å². The van der Waals surface area contributed by atoms with E-state index in [0.29, 0.717) is 0 Å². The molecule has 0 aromatic rings. The van der Waals surface area contributed by atoms with Gasteiger partial charge in [-0.25, -0.2) is 0 Å². The van der Waals surface area contributed by atoms with Gasteiger partial charge in [0, 0.05) is 13.5 Å². The zero-order valence-electron chi connectivity index (χ0n) is 6.88. The van der Waals surface area contributed by atoms with E-state index in [4.69, 9.17) is 14.6 Å². The maximum Gasteiger partial charge on any atom is 0.186 e. The third-order valence-electron chi connectivity index (χ3n) is 1.94. The van der Waals surface area contributed by atoms with Crippen LogP contribution in [0.15, 0.2) is 0 Å². The molecule has 0 radical (unpaired) electrons. The minimum atomic E-state index is -1.03. The predicted molar refractivity (Wildman–Crippen MR) is 39.4 cm³/mol. The SMILES string of the molecule is CO[C@H]1O[C@@H](CO)C[C@@H](O)[C@H]1O. The molecular formula is C7H14O5. The molecule has 3 N–H and O–H groups in total. The molecule has 0 aromatic heterocycles. The Morgan fingerprint density at radius 2 is 2.17 bits per heavy atom. The Hall–Kier alpha value is -0.200. The first-order chi connectivity index (χ1) is 5.69. The highest BCUT2D eigenvalue weighted by Gasteiger charge is 2.36. The predicted octanol–water partition coefficient (Wildman–Crippen LogP) is -1.54. The normalized spacial score (nSPS) is 43.0. The minimum Gasteiger partial charge on any atom is -0.394 e. The number of hydrogen-bond acceptors (Lipinski definition) is 5. The summed E-state index contributed by atoms with van der Waals surface area (Å²) in [5, 5.41) is 27.3. The van der Waals surface area contributed by atoms with Crippen LogP contribution in [-0.4, -0.2) is 53.6 Å². The molecule has 0 bridgehead atoms. The van der Waals surface area contributed by atoms with Crippen molar-refractivity contribution in [1.82, 2.24) is 0 Å². The number of aliphatic hydroxyl groups is 3. The van der Waals surface area contributed by atoms with Gasteiger partial charge >= 0.3 is 0 Å². The standard InChI is InChI=1S/C7H14O5/c1-11-7-6(10)5(9)2-4(3-8)12-7/h4-10H,2-3H2,1H3/t4-,5-,6-,7+/m1/s1. The summed E-state index contributed by atoms with van der Waals surface area (Å²) >= 11 is 0. The van der Waals surface area contributed by atoms with E-state index in [9.17, 15) is 10.2 Å². The Balaban J connectivity index is 2.52. The smallest absolute Gasteiger partial charge is 0.186 e. The van der Waals surface area contributed by atoms with Crippen LogP contribution in [0.2, 0.25) is 0 Å². The van der Waals surface area contributed by atoms with Crippen molar-refractivity contribution in [1.29, 1.82) is 0 Å². The van der Waals surface area contributed by atoms with Crippen LogP contribution in [0.3, 0.4) is 0 Å². The molecule has 12 heavy (non-hydrogen) atoms. The van der Waals surface area contributed by atoms with Gasteiger partial charge in [-0.1, -0.05) is 0 Å². The summed E-state index contributed by atoms with van der Waals surface area (Å²) in [6.07, 6.45) is -2.98. The highest BCUT2D eigenvalue weighted by atomic mass is 16.7. The molecule has 1 heterocycles. The van der Waals surface area contributed by atoms with E-state index in [0.717, 1.165) is 0 Å². The lowest BCUT2D eigenvalue weighted by molar-refractivity contribution is -0.262. The molecule has 1 aliphatic heterocycles. The second-order valence-electron chi connectivity index (χ2n) is 2.84. The molecule has 1 saturated heterocycles. The van der Waals surface area contributed by atoms with E-state index in [1.165, 1.54) is 7.11 Å². The van der Waals surface area contributed by atoms with Crippen molar-refractivity contribution in [2.45, 2.75) is 31.0 Å². The molecule has 1 rings (SSSR count).